The van der Waals surface area contributed by atoms with E-state index in [-0.39, 0.29) is 23.5 Å². The van der Waals surface area contributed by atoms with Gasteiger partial charge in [-0.2, -0.15) is 4.31 Å². The smallest absolute Gasteiger partial charge is 0.425 e. The largest absolute Gasteiger partial charge is 0.444 e. The summed E-state index contributed by atoms with van der Waals surface area (Å²) in [6.07, 6.45) is 2.40. The van der Waals surface area contributed by atoms with Gasteiger partial charge in [-0.3, -0.25) is 0 Å². The quantitative estimate of drug-likeness (QED) is 0.578. The molecule has 140 valence electrons. The number of hydrogen-bond donors (Lipinski definition) is 0. The number of benzene rings is 1. The summed E-state index contributed by atoms with van der Waals surface area (Å²) in [5.41, 5.74) is 3.79. The minimum Gasteiger partial charge on any atom is -0.444 e. The van der Waals surface area contributed by atoms with Gasteiger partial charge < -0.3 is 4.74 Å². The van der Waals surface area contributed by atoms with Gasteiger partial charge in [-0.15, -0.1) is 11.7 Å². The Kier molecular flexibility index (Phi) is 7.70. The van der Waals surface area contributed by atoms with E-state index in [2.05, 4.69) is 17.6 Å². The van der Waals surface area contributed by atoms with E-state index in [1.54, 1.807) is 19.1 Å². The number of rotatable bonds is 5. The monoisotopic (exact) mass is 375 g/mol. The Hall–Kier alpha value is -2.48. The van der Waals surface area contributed by atoms with Crippen LogP contribution >= 0.6 is 0 Å². The van der Waals surface area contributed by atoms with E-state index in [0.29, 0.717) is 4.31 Å². The van der Waals surface area contributed by atoms with Crippen molar-refractivity contribution in [3.05, 3.63) is 47.7 Å². The number of sulfonamides is 1. The van der Waals surface area contributed by atoms with E-state index in [9.17, 15) is 13.2 Å². The molecule has 0 heterocycles. The maximum Gasteiger partial charge on any atom is 0.425 e. The summed E-state index contributed by atoms with van der Waals surface area (Å²) in [7, 11) is -4.04. The Bertz CT molecular complexity index is 844. The Labute approximate surface area is 156 Å². The third-order valence-corrected chi connectivity index (χ3v) is 4.86. The molecule has 0 fully saturated rings. The van der Waals surface area contributed by atoms with E-state index in [4.69, 9.17) is 4.74 Å². The number of ether oxygens (including phenoxy) is 1. The second-order valence-corrected chi connectivity index (χ2v) is 8.57. The van der Waals surface area contributed by atoms with Crippen LogP contribution < -0.4 is 0 Å². The highest BCUT2D eigenvalue weighted by atomic mass is 32.2. The summed E-state index contributed by atoms with van der Waals surface area (Å²) in [5, 5.41) is 0. The molecular formula is C20H25NO4S. The fourth-order valence-corrected chi connectivity index (χ4v) is 3.00. The maximum atomic E-state index is 12.7. The van der Waals surface area contributed by atoms with Crippen LogP contribution in [0.5, 0.6) is 0 Å². The normalized spacial score (nSPS) is 10.8. The minimum absolute atomic E-state index is 0.0149. The van der Waals surface area contributed by atoms with Gasteiger partial charge in [0.2, 0.25) is 0 Å². The summed E-state index contributed by atoms with van der Waals surface area (Å²) in [6, 6.07) is 6.25. The Morgan fingerprint density at radius 2 is 1.85 bits per heavy atom. The van der Waals surface area contributed by atoms with Crippen molar-refractivity contribution in [1.82, 2.24) is 4.31 Å². The molecule has 1 aromatic carbocycles. The van der Waals surface area contributed by atoms with Crippen molar-refractivity contribution < 1.29 is 17.9 Å². The summed E-state index contributed by atoms with van der Waals surface area (Å²) in [4.78, 5) is 12.3. The molecule has 0 radical (unpaired) electrons. The Balaban J connectivity index is 2.98. The summed E-state index contributed by atoms with van der Waals surface area (Å²) in [5.74, 6) is 5.19. The van der Waals surface area contributed by atoms with Crippen LogP contribution in [0.4, 0.5) is 4.79 Å². The van der Waals surface area contributed by atoms with E-state index in [1.165, 1.54) is 18.2 Å². The molecule has 0 aromatic heterocycles. The zero-order chi connectivity index (χ0) is 19.8. The van der Waals surface area contributed by atoms with Gasteiger partial charge in [-0.1, -0.05) is 44.4 Å². The Morgan fingerprint density at radius 3 is 2.38 bits per heavy atom. The lowest BCUT2D eigenvalue weighted by Gasteiger charge is -2.19. The van der Waals surface area contributed by atoms with Crippen LogP contribution in [0.2, 0.25) is 0 Å². The molecule has 1 rings (SSSR count). The highest BCUT2D eigenvalue weighted by Gasteiger charge is 2.29. The van der Waals surface area contributed by atoms with Crippen molar-refractivity contribution in [2.75, 3.05) is 13.2 Å². The number of aryl methyl sites for hydroxylation is 1. The molecule has 26 heavy (non-hydrogen) atoms. The topological polar surface area (TPSA) is 63.7 Å². The predicted molar refractivity (Wildman–Crippen MR) is 102 cm³/mol. The summed E-state index contributed by atoms with van der Waals surface area (Å²) in [6.45, 7) is 9.11. The first-order valence-corrected chi connectivity index (χ1v) is 9.60. The van der Waals surface area contributed by atoms with Crippen LogP contribution in [-0.4, -0.2) is 32.0 Å². The van der Waals surface area contributed by atoms with E-state index >= 15 is 0 Å². The zero-order valence-corrected chi connectivity index (χ0v) is 16.7. The van der Waals surface area contributed by atoms with Gasteiger partial charge in [0.05, 0.1) is 4.90 Å². The van der Waals surface area contributed by atoms with Crippen LogP contribution in [0.3, 0.4) is 0 Å². The van der Waals surface area contributed by atoms with Gasteiger partial charge in [0, 0.05) is 0 Å². The highest BCUT2D eigenvalue weighted by molar-refractivity contribution is 7.89. The average molecular weight is 375 g/mol. The van der Waals surface area contributed by atoms with Crippen molar-refractivity contribution in [3.8, 4) is 11.8 Å². The molecule has 0 spiro atoms. The van der Waals surface area contributed by atoms with Crippen LogP contribution in [0.1, 0.15) is 33.3 Å². The molecule has 0 aliphatic carbocycles. The third-order valence-electron chi connectivity index (χ3n) is 3.14. The maximum absolute atomic E-state index is 12.7. The summed E-state index contributed by atoms with van der Waals surface area (Å²) >= 11 is 0. The summed E-state index contributed by atoms with van der Waals surface area (Å²) < 4.78 is 31.2. The standard InChI is InChI=1S/C20H25NO4S/c1-6-7-15-21(19(22)25-16-9-8-14-20(3,4)5)26(23,24)18-12-10-17(2)11-13-18/h9-14H,15-16H2,1-5H3. The van der Waals surface area contributed by atoms with Gasteiger partial charge in [0.1, 0.15) is 13.2 Å². The van der Waals surface area contributed by atoms with Crippen LogP contribution in [0.15, 0.2) is 47.0 Å². The van der Waals surface area contributed by atoms with E-state index in [0.717, 1.165) is 5.56 Å². The molecule has 0 aliphatic heterocycles. The molecule has 1 aromatic rings. The molecule has 0 saturated carbocycles. The first-order chi connectivity index (χ1) is 12.1. The second kappa shape index (κ2) is 9.28. The van der Waals surface area contributed by atoms with Gasteiger partial charge in [-0.05, 0) is 43.5 Å². The number of carbonyl (C=O) groups is 1. The molecule has 0 aliphatic rings. The van der Waals surface area contributed by atoms with E-state index < -0.39 is 16.1 Å². The molecule has 0 N–H and O–H groups in total. The van der Waals surface area contributed by atoms with E-state index in [1.807, 2.05) is 33.8 Å². The van der Waals surface area contributed by atoms with Crippen molar-refractivity contribution >= 4 is 16.1 Å². The molecule has 0 saturated heterocycles. The lowest BCUT2D eigenvalue weighted by atomic mass is 9.97. The minimum atomic E-state index is -4.04. The number of nitrogens with zero attached hydrogens (tertiary/aromatic N) is 1. The molecule has 5 nitrogen and oxygen atoms in total. The number of hydrogen-bond acceptors (Lipinski definition) is 4. The molecule has 0 unspecified atom stereocenters. The van der Waals surface area contributed by atoms with Gasteiger partial charge in [0.25, 0.3) is 10.0 Å². The van der Waals surface area contributed by atoms with Crippen LogP contribution in [-0.2, 0) is 14.8 Å². The number of carbonyl (C=O) groups excluding carboxylic acids is 1. The lowest BCUT2D eigenvalue weighted by Crippen LogP contribution is -2.37. The second-order valence-electron chi connectivity index (χ2n) is 6.71. The van der Waals surface area contributed by atoms with Crippen molar-refractivity contribution in [1.29, 1.82) is 0 Å². The third kappa shape index (κ3) is 6.79. The molecule has 0 atom stereocenters. The molecule has 6 heteroatoms. The predicted octanol–water partition coefficient (Wildman–Crippen LogP) is 3.90. The fraction of sp³-hybridized carbons (Fsp3) is 0.400. The van der Waals surface area contributed by atoms with Gasteiger partial charge in [0.15, 0.2) is 0 Å². The van der Waals surface area contributed by atoms with Crippen molar-refractivity contribution in [3.63, 3.8) is 0 Å². The Morgan fingerprint density at radius 1 is 1.23 bits per heavy atom. The molecular weight excluding hydrogens is 350 g/mol. The fourth-order valence-electron chi connectivity index (χ4n) is 1.78. The van der Waals surface area contributed by atoms with Crippen molar-refractivity contribution in [2.45, 2.75) is 39.5 Å². The average Bonchev–Trinajstić information content (AvgIpc) is 2.54. The van der Waals surface area contributed by atoms with Gasteiger partial charge >= 0.3 is 6.09 Å². The number of amides is 1. The van der Waals surface area contributed by atoms with Crippen LogP contribution in [0, 0.1) is 24.2 Å². The molecule has 1 amide bonds. The molecule has 0 bridgehead atoms. The highest BCUT2D eigenvalue weighted by Crippen LogP contribution is 2.17. The first kappa shape index (κ1) is 21.6. The lowest BCUT2D eigenvalue weighted by molar-refractivity contribution is 0.139. The van der Waals surface area contributed by atoms with Crippen LogP contribution in [0.25, 0.3) is 0 Å². The SMILES string of the molecule is CC#CCN(C(=O)OCC=C=CC(C)(C)C)S(=O)(=O)c1ccc(C)cc1. The van der Waals surface area contributed by atoms with Crippen molar-refractivity contribution in [2.24, 2.45) is 5.41 Å². The van der Waals surface area contributed by atoms with Gasteiger partial charge in [-0.25, -0.2) is 13.2 Å². The first-order valence-electron chi connectivity index (χ1n) is 8.16. The zero-order valence-electron chi connectivity index (χ0n) is 15.9.